The second-order valence-corrected chi connectivity index (χ2v) is 10.9. The highest BCUT2D eigenvalue weighted by Gasteiger charge is 2.43. The maximum Gasteiger partial charge on any atom is 0.231 e. The highest BCUT2D eigenvalue weighted by Crippen LogP contribution is 2.42. The van der Waals surface area contributed by atoms with Gasteiger partial charge in [0, 0.05) is 34.5 Å². The van der Waals surface area contributed by atoms with Crippen molar-refractivity contribution in [3.05, 3.63) is 47.1 Å². The van der Waals surface area contributed by atoms with Gasteiger partial charge in [-0.25, -0.2) is 22.2 Å². The summed E-state index contributed by atoms with van der Waals surface area (Å²) in [6.07, 6.45) is 4.80. The van der Waals surface area contributed by atoms with Crippen LogP contribution in [0.3, 0.4) is 0 Å². The van der Waals surface area contributed by atoms with Crippen molar-refractivity contribution in [3.63, 3.8) is 0 Å². The van der Waals surface area contributed by atoms with Crippen LogP contribution in [0.2, 0.25) is 5.02 Å². The fraction of sp³-hybridized carbons (Fsp3) is 0.286. The van der Waals surface area contributed by atoms with Crippen LogP contribution >= 0.6 is 11.6 Å². The van der Waals surface area contributed by atoms with E-state index in [4.69, 9.17) is 11.6 Å². The molecule has 4 aromatic rings. The molecular weight excluding hydrogens is 476 g/mol. The molecule has 1 aliphatic rings. The first-order chi connectivity index (χ1) is 15.6. The first-order valence-electron chi connectivity index (χ1n) is 10.0. The number of rotatable bonds is 5. The number of hydrogen-bond acceptors (Lipinski definition) is 5. The van der Waals surface area contributed by atoms with Crippen molar-refractivity contribution in [2.75, 3.05) is 11.6 Å². The Labute approximate surface area is 191 Å². The molecule has 1 aliphatic carbocycles. The number of aromatic amines is 1. The number of anilines is 1. The number of hydrogen-bond donors (Lipinski definition) is 2. The second kappa shape index (κ2) is 7.49. The minimum absolute atomic E-state index is 0.0706. The Morgan fingerprint density at radius 3 is 2.76 bits per heavy atom. The Hall–Kier alpha value is -3.05. The van der Waals surface area contributed by atoms with Crippen molar-refractivity contribution in [1.29, 1.82) is 0 Å². The number of fused-ring (bicyclic) bond motifs is 2. The molecule has 33 heavy (non-hydrogen) atoms. The highest BCUT2D eigenvalue weighted by molar-refractivity contribution is 7.90. The highest BCUT2D eigenvalue weighted by atomic mass is 35.5. The second-order valence-electron chi connectivity index (χ2n) is 8.20. The molecule has 3 heterocycles. The molecule has 3 atom stereocenters. The molecule has 8 nitrogen and oxygen atoms in total. The number of halogens is 3. The topological polar surface area (TPSA) is 109 Å². The first kappa shape index (κ1) is 21.8. The van der Waals surface area contributed by atoms with E-state index in [1.54, 1.807) is 28.9 Å². The molecule has 1 fully saturated rings. The third-order valence-corrected chi connectivity index (χ3v) is 7.79. The van der Waals surface area contributed by atoms with Crippen LogP contribution in [0.15, 0.2) is 30.7 Å². The number of sulfone groups is 1. The molecule has 0 saturated heterocycles. The van der Waals surface area contributed by atoms with Crippen molar-refractivity contribution in [1.82, 2.24) is 19.6 Å². The van der Waals surface area contributed by atoms with Crippen LogP contribution in [0.25, 0.3) is 27.7 Å². The van der Waals surface area contributed by atoms with Gasteiger partial charge in [-0.2, -0.15) is 5.10 Å². The monoisotopic (exact) mass is 493 g/mol. The average molecular weight is 494 g/mol. The number of carbonyl (C=O) groups is 1. The van der Waals surface area contributed by atoms with Crippen molar-refractivity contribution < 1.29 is 22.0 Å². The summed E-state index contributed by atoms with van der Waals surface area (Å²) in [5.41, 5.74) is 1.54. The van der Waals surface area contributed by atoms with E-state index in [2.05, 4.69) is 20.5 Å². The van der Waals surface area contributed by atoms with Gasteiger partial charge < -0.3 is 9.72 Å². The standard InChI is InChI=1S/C21H18ClF2N5O3S/c1-9(33(2,31)32)16-19(24)18(22)17(12-6-25-28-20(12)16)10-3-4-15-26-14(8-29(15)7-10)27-21(30)11-5-13(11)23/h3-4,6-9,11,13H,5H2,1-2H3,(H,25,28)(H,27,30)/t9?,11-,13+/m1/s1. The number of imidazole rings is 1. The van der Waals surface area contributed by atoms with Crippen LogP contribution in [0.4, 0.5) is 14.6 Å². The number of benzene rings is 1. The lowest BCUT2D eigenvalue weighted by molar-refractivity contribution is -0.117. The molecule has 12 heteroatoms. The van der Waals surface area contributed by atoms with Crippen LogP contribution < -0.4 is 5.32 Å². The predicted molar refractivity (Wildman–Crippen MR) is 120 cm³/mol. The smallest absolute Gasteiger partial charge is 0.231 e. The normalized spacial score (nSPS) is 19.2. The number of alkyl halides is 1. The number of H-pyrrole nitrogens is 1. The summed E-state index contributed by atoms with van der Waals surface area (Å²) < 4.78 is 54.3. The van der Waals surface area contributed by atoms with Gasteiger partial charge in [0.05, 0.1) is 34.1 Å². The molecule has 1 aromatic carbocycles. The van der Waals surface area contributed by atoms with Gasteiger partial charge in [-0.15, -0.1) is 0 Å². The van der Waals surface area contributed by atoms with Gasteiger partial charge in [0.15, 0.2) is 15.7 Å². The van der Waals surface area contributed by atoms with E-state index in [9.17, 15) is 17.6 Å². The lowest BCUT2D eigenvalue weighted by Crippen LogP contribution is -2.15. The summed E-state index contributed by atoms with van der Waals surface area (Å²) in [4.78, 5) is 16.3. The largest absolute Gasteiger partial charge is 0.309 e. The molecule has 0 spiro atoms. The van der Waals surface area contributed by atoms with Crippen molar-refractivity contribution in [3.8, 4) is 11.1 Å². The van der Waals surface area contributed by atoms with Gasteiger partial charge in [-0.3, -0.25) is 9.89 Å². The molecule has 5 rings (SSSR count). The lowest BCUT2D eigenvalue weighted by atomic mass is 9.98. The van der Waals surface area contributed by atoms with Gasteiger partial charge in [0.2, 0.25) is 5.91 Å². The quantitative estimate of drug-likeness (QED) is 0.435. The summed E-state index contributed by atoms with van der Waals surface area (Å²) in [7, 11) is -3.60. The average Bonchev–Trinajstić information content (AvgIpc) is 3.11. The number of pyridine rings is 1. The first-order valence-corrected chi connectivity index (χ1v) is 12.4. The molecular formula is C21H18ClF2N5O3S. The molecule has 172 valence electrons. The predicted octanol–water partition coefficient (Wildman–Crippen LogP) is 4.07. The van der Waals surface area contributed by atoms with Gasteiger partial charge in [0.1, 0.15) is 17.6 Å². The minimum Gasteiger partial charge on any atom is -0.309 e. The Balaban J connectivity index is 1.60. The van der Waals surface area contributed by atoms with E-state index >= 15 is 4.39 Å². The van der Waals surface area contributed by atoms with Crippen LogP contribution in [-0.4, -0.2) is 46.3 Å². The van der Waals surface area contributed by atoms with Crippen molar-refractivity contribution in [2.45, 2.75) is 24.8 Å². The fourth-order valence-corrected chi connectivity index (χ4v) is 4.83. The van der Waals surface area contributed by atoms with E-state index in [0.717, 1.165) is 6.26 Å². The van der Waals surface area contributed by atoms with E-state index in [0.29, 0.717) is 22.2 Å². The Kier molecular flexibility index (Phi) is 4.94. The Bertz CT molecular complexity index is 1550. The SMILES string of the molecule is CC(c1c(F)c(Cl)c(-c2ccc3nc(NC(=O)[C@@H]4C[C@@H]4F)cn3c2)c2cn[nH]c12)S(C)(=O)=O. The summed E-state index contributed by atoms with van der Waals surface area (Å²) in [5, 5.41) is 8.36. The number of nitrogens with zero attached hydrogens (tertiary/aromatic N) is 3. The molecule has 3 aromatic heterocycles. The van der Waals surface area contributed by atoms with Crippen molar-refractivity contribution in [2.24, 2.45) is 5.92 Å². The van der Waals surface area contributed by atoms with Crippen molar-refractivity contribution >= 4 is 49.7 Å². The zero-order valence-corrected chi connectivity index (χ0v) is 19.0. The van der Waals surface area contributed by atoms with Crippen LogP contribution in [-0.2, 0) is 14.6 Å². The third-order valence-electron chi connectivity index (χ3n) is 5.92. The Morgan fingerprint density at radius 1 is 1.36 bits per heavy atom. The van der Waals surface area contributed by atoms with Gasteiger partial charge in [-0.1, -0.05) is 11.6 Å². The third kappa shape index (κ3) is 3.65. The molecule has 0 aliphatic heterocycles. The van der Waals surface area contributed by atoms with E-state index in [1.807, 2.05) is 0 Å². The van der Waals surface area contributed by atoms with Crippen LogP contribution in [0.5, 0.6) is 0 Å². The Morgan fingerprint density at radius 2 is 2.09 bits per heavy atom. The molecule has 1 saturated carbocycles. The van der Waals surface area contributed by atoms with Gasteiger partial charge in [0.25, 0.3) is 0 Å². The maximum atomic E-state index is 15.4. The maximum absolute atomic E-state index is 15.4. The summed E-state index contributed by atoms with van der Waals surface area (Å²) in [5.74, 6) is -1.65. The fourth-order valence-electron chi connectivity index (χ4n) is 3.87. The minimum atomic E-state index is -3.60. The van der Waals surface area contributed by atoms with Gasteiger partial charge in [-0.05, 0) is 25.5 Å². The molecule has 2 N–H and O–H groups in total. The molecule has 0 bridgehead atoms. The number of aromatic nitrogens is 4. The number of nitrogens with one attached hydrogen (secondary N) is 2. The van der Waals surface area contributed by atoms with Gasteiger partial charge >= 0.3 is 0 Å². The lowest BCUT2D eigenvalue weighted by Gasteiger charge is -2.16. The summed E-state index contributed by atoms with van der Waals surface area (Å²) in [6, 6.07) is 3.34. The summed E-state index contributed by atoms with van der Waals surface area (Å²) >= 11 is 6.41. The van der Waals surface area contributed by atoms with E-state index in [1.165, 1.54) is 13.1 Å². The molecule has 1 amide bonds. The number of amides is 1. The summed E-state index contributed by atoms with van der Waals surface area (Å²) in [6.45, 7) is 1.39. The van der Waals surface area contributed by atoms with E-state index < -0.39 is 38.9 Å². The molecule has 1 unspecified atom stereocenters. The zero-order valence-electron chi connectivity index (χ0n) is 17.4. The van der Waals surface area contributed by atoms with Crippen LogP contribution in [0, 0.1) is 11.7 Å². The molecule has 0 radical (unpaired) electrons. The zero-order chi connectivity index (χ0) is 23.7. The van der Waals surface area contributed by atoms with Crippen LogP contribution in [0.1, 0.15) is 24.2 Å². The van der Waals surface area contributed by atoms with E-state index in [-0.39, 0.29) is 28.3 Å². The number of carbonyl (C=O) groups excluding carboxylic acids is 1.